The van der Waals surface area contributed by atoms with E-state index in [1.165, 1.54) is 11.0 Å². The van der Waals surface area contributed by atoms with Crippen molar-refractivity contribution in [2.24, 2.45) is 5.73 Å². The SMILES string of the molecule is N[C@H](CC(=O)O)C(=O)N1CC(Oc2ccc3c(c2C(O)O)O[B-](O)(O)CC3)C1. The Bertz CT molecular complexity index is 780. The van der Waals surface area contributed by atoms with Gasteiger partial charge in [-0.1, -0.05) is 12.4 Å². The van der Waals surface area contributed by atoms with Gasteiger partial charge in [-0.3, -0.25) is 9.59 Å². The number of nitrogens with zero attached hydrogens (tertiary/aromatic N) is 1. The molecule has 28 heavy (non-hydrogen) atoms. The highest BCUT2D eigenvalue weighted by atomic mass is 16.6. The highest BCUT2D eigenvalue weighted by molar-refractivity contribution is 6.58. The molecule has 7 N–H and O–H groups in total. The summed E-state index contributed by atoms with van der Waals surface area (Å²) in [5.74, 6) is -1.64. The van der Waals surface area contributed by atoms with Crippen molar-refractivity contribution in [3.63, 3.8) is 0 Å². The molecule has 0 aromatic heterocycles. The molecule has 3 rings (SSSR count). The van der Waals surface area contributed by atoms with Gasteiger partial charge in [-0.15, -0.1) is 0 Å². The molecule has 1 fully saturated rings. The number of carboxylic acids is 1. The fourth-order valence-electron chi connectivity index (χ4n) is 3.28. The minimum Gasteiger partial charge on any atom is -0.670 e. The number of aliphatic hydroxyl groups excluding tert-OH is 1. The maximum atomic E-state index is 12.0. The van der Waals surface area contributed by atoms with E-state index in [4.69, 9.17) is 20.2 Å². The minimum atomic E-state index is -3.10. The van der Waals surface area contributed by atoms with Crippen molar-refractivity contribution in [3.8, 4) is 11.5 Å². The molecule has 0 unspecified atom stereocenters. The Balaban J connectivity index is 1.69. The second-order valence-corrected chi connectivity index (χ2v) is 7.04. The number of carbonyl (C=O) groups excluding carboxylic acids is 1. The van der Waals surface area contributed by atoms with Crippen LogP contribution in [0.4, 0.5) is 0 Å². The molecule has 2 aliphatic rings. The van der Waals surface area contributed by atoms with Crippen LogP contribution in [0, 0.1) is 0 Å². The van der Waals surface area contributed by atoms with E-state index in [2.05, 4.69) is 0 Å². The van der Waals surface area contributed by atoms with E-state index >= 15 is 0 Å². The van der Waals surface area contributed by atoms with Gasteiger partial charge < -0.3 is 45.4 Å². The first-order valence-corrected chi connectivity index (χ1v) is 8.81. The highest BCUT2D eigenvalue weighted by Gasteiger charge is 2.37. The summed E-state index contributed by atoms with van der Waals surface area (Å²) in [6.45, 7) is -2.79. The number of carbonyl (C=O) groups is 2. The molecule has 1 aromatic carbocycles. The van der Waals surface area contributed by atoms with Gasteiger partial charge in [-0.05, 0) is 18.1 Å². The number of aliphatic hydroxyl groups is 2. The minimum absolute atomic E-state index is 0.00946. The van der Waals surface area contributed by atoms with Gasteiger partial charge >= 0.3 is 12.7 Å². The third kappa shape index (κ3) is 4.21. The normalized spacial score (nSPS) is 19.4. The van der Waals surface area contributed by atoms with E-state index in [0.29, 0.717) is 5.56 Å². The number of aryl methyl sites for hydroxylation is 1. The van der Waals surface area contributed by atoms with Gasteiger partial charge in [0.2, 0.25) is 5.91 Å². The Kier molecular flexibility index (Phi) is 5.50. The van der Waals surface area contributed by atoms with Crippen LogP contribution in [0.2, 0.25) is 6.32 Å². The monoisotopic (exact) mass is 397 g/mol. The quantitative estimate of drug-likeness (QED) is 0.230. The Morgan fingerprint density at radius 3 is 2.61 bits per heavy atom. The zero-order chi connectivity index (χ0) is 20.6. The number of ether oxygens (including phenoxy) is 1. The molecular formula is C16H22BN2O9-. The number of amides is 1. The van der Waals surface area contributed by atoms with Crippen LogP contribution in [0.3, 0.4) is 0 Å². The fraction of sp³-hybridized carbons (Fsp3) is 0.500. The fourth-order valence-corrected chi connectivity index (χ4v) is 3.28. The molecule has 0 spiro atoms. The van der Waals surface area contributed by atoms with Crippen molar-refractivity contribution >= 4 is 18.6 Å². The summed E-state index contributed by atoms with van der Waals surface area (Å²) in [6, 6.07) is 2.01. The average Bonchev–Trinajstić information content (AvgIpc) is 2.54. The maximum absolute atomic E-state index is 12.0. The van der Waals surface area contributed by atoms with Gasteiger partial charge in [0.05, 0.1) is 36.9 Å². The topological polar surface area (TPSA) is 183 Å². The van der Waals surface area contributed by atoms with Crippen LogP contribution in [0.5, 0.6) is 11.5 Å². The average molecular weight is 397 g/mol. The zero-order valence-corrected chi connectivity index (χ0v) is 14.9. The number of nitrogens with two attached hydrogens (primary N) is 1. The molecule has 12 heteroatoms. The van der Waals surface area contributed by atoms with Gasteiger partial charge in [0.1, 0.15) is 11.9 Å². The molecular weight excluding hydrogens is 375 g/mol. The Hall–Kier alpha value is -2.38. The number of aliphatic carboxylic acids is 1. The Morgan fingerprint density at radius 2 is 2.00 bits per heavy atom. The van der Waals surface area contributed by atoms with Crippen LogP contribution in [0.25, 0.3) is 0 Å². The summed E-state index contributed by atoms with van der Waals surface area (Å²) in [6.07, 6.45) is -2.65. The van der Waals surface area contributed by atoms with Crippen molar-refractivity contribution in [2.75, 3.05) is 13.1 Å². The molecule has 0 bridgehead atoms. The van der Waals surface area contributed by atoms with Gasteiger partial charge in [0.25, 0.3) is 0 Å². The van der Waals surface area contributed by atoms with Crippen molar-refractivity contribution < 1.29 is 44.3 Å². The highest BCUT2D eigenvalue weighted by Crippen LogP contribution is 2.41. The van der Waals surface area contributed by atoms with Gasteiger partial charge in [0.15, 0.2) is 6.29 Å². The number of hydrogen-bond acceptors (Lipinski definition) is 9. The number of fused-ring (bicyclic) bond motifs is 1. The van der Waals surface area contributed by atoms with E-state index in [0.717, 1.165) is 0 Å². The van der Waals surface area contributed by atoms with Crippen molar-refractivity contribution in [2.45, 2.75) is 37.6 Å². The standard InChI is InChI=1S/C16H22BN2O9/c18-10(5-12(20)21)15(22)19-6-9(7-19)27-11-2-1-8-3-4-17(25,26)28-14(8)13(11)16(23)24/h1-2,9-10,16,23-26H,3-7,18H2,(H,20,21)/q-1/t10-/m1/s1. The number of carboxylic acid groups (broad SMARTS) is 1. The predicted molar refractivity (Wildman–Crippen MR) is 94.2 cm³/mol. The third-order valence-electron chi connectivity index (χ3n) is 4.76. The maximum Gasteiger partial charge on any atom is 0.430 e. The molecule has 0 radical (unpaired) electrons. The smallest absolute Gasteiger partial charge is 0.430 e. The lowest BCUT2D eigenvalue weighted by atomic mass is 9.70. The third-order valence-corrected chi connectivity index (χ3v) is 4.76. The van der Waals surface area contributed by atoms with Crippen molar-refractivity contribution in [1.29, 1.82) is 0 Å². The van der Waals surface area contributed by atoms with Gasteiger partial charge in [-0.2, -0.15) is 0 Å². The van der Waals surface area contributed by atoms with Gasteiger partial charge in [0, 0.05) is 0 Å². The molecule has 1 saturated heterocycles. The van der Waals surface area contributed by atoms with E-state index in [9.17, 15) is 29.9 Å². The van der Waals surface area contributed by atoms with Gasteiger partial charge in [-0.25, -0.2) is 0 Å². The van der Waals surface area contributed by atoms with Crippen molar-refractivity contribution in [1.82, 2.24) is 4.90 Å². The molecule has 2 aliphatic heterocycles. The molecule has 1 amide bonds. The summed E-state index contributed by atoms with van der Waals surface area (Å²) in [4.78, 5) is 24.0. The lowest BCUT2D eigenvalue weighted by Gasteiger charge is -2.41. The van der Waals surface area contributed by atoms with Crippen LogP contribution in [-0.4, -0.2) is 74.1 Å². The molecule has 1 atom stereocenters. The Morgan fingerprint density at radius 1 is 1.32 bits per heavy atom. The molecule has 0 aliphatic carbocycles. The summed E-state index contributed by atoms with van der Waals surface area (Å²) in [5.41, 5.74) is 6.01. The summed E-state index contributed by atoms with van der Waals surface area (Å²) in [7, 11) is 0. The second kappa shape index (κ2) is 7.56. The van der Waals surface area contributed by atoms with Crippen LogP contribution in [0.15, 0.2) is 12.1 Å². The van der Waals surface area contributed by atoms with E-state index in [1.807, 2.05) is 0 Å². The number of rotatable bonds is 6. The lowest BCUT2D eigenvalue weighted by molar-refractivity contribution is -0.146. The number of benzene rings is 1. The first kappa shape index (κ1) is 20.4. The molecule has 0 saturated carbocycles. The molecule has 11 nitrogen and oxygen atoms in total. The van der Waals surface area contributed by atoms with E-state index in [1.54, 1.807) is 6.07 Å². The summed E-state index contributed by atoms with van der Waals surface area (Å²) < 4.78 is 10.9. The number of likely N-dealkylation sites (tertiary alicyclic amines) is 1. The first-order valence-electron chi connectivity index (χ1n) is 8.81. The molecule has 2 heterocycles. The summed E-state index contributed by atoms with van der Waals surface area (Å²) in [5, 5.41) is 47.7. The van der Waals surface area contributed by atoms with Crippen LogP contribution >= 0.6 is 0 Å². The Labute approximate surface area is 159 Å². The molecule has 1 aromatic rings. The van der Waals surface area contributed by atoms with Crippen molar-refractivity contribution in [3.05, 3.63) is 23.3 Å². The summed E-state index contributed by atoms with van der Waals surface area (Å²) >= 11 is 0. The van der Waals surface area contributed by atoms with E-state index in [-0.39, 0.29) is 42.9 Å². The van der Waals surface area contributed by atoms with Crippen LogP contribution < -0.4 is 15.1 Å². The van der Waals surface area contributed by atoms with Crippen LogP contribution in [-0.2, 0) is 16.0 Å². The first-order chi connectivity index (χ1) is 13.1. The second-order valence-electron chi connectivity index (χ2n) is 7.04. The lowest BCUT2D eigenvalue weighted by Crippen LogP contribution is -2.60. The van der Waals surface area contributed by atoms with E-state index < -0.39 is 43.5 Å². The number of hydrogen-bond donors (Lipinski definition) is 6. The zero-order valence-electron chi connectivity index (χ0n) is 14.9. The molecule has 154 valence electrons. The largest absolute Gasteiger partial charge is 0.670 e. The van der Waals surface area contributed by atoms with Crippen LogP contribution in [0.1, 0.15) is 23.8 Å². The predicted octanol–water partition coefficient (Wildman–Crippen LogP) is -2.08.